The summed E-state index contributed by atoms with van der Waals surface area (Å²) in [6.45, 7) is 2.25. The number of aromatic amines is 1. The van der Waals surface area contributed by atoms with Crippen LogP contribution in [0.25, 0.3) is 11.4 Å². The molecule has 0 aliphatic carbocycles. The van der Waals surface area contributed by atoms with Crippen molar-refractivity contribution in [2.75, 3.05) is 18.2 Å². The first kappa shape index (κ1) is 23.2. The molecule has 9 heteroatoms. The van der Waals surface area contributed by atoms with E-state index in [2.05, 4.69) is 15.3 Å². The molecule has 0 saturated carbocycles. The number of aryl methyl sites for hydroxylation is 1. The first-order valence-corrected chi connectivity index (χ1v) is 12.1. The number of H-pyrrole nitrogens is 1. The molecule has 2 aromatic carbocycles. The van der Waals surface area contributed by atoms with Gasteiger partial charge in [0.1, 0.15) is 11.6 Å². The van der Waals surface area contributed by atoms with Crippen molar-refractivity contribution in [3.63, 3.8) is 0 Å². The third kappa shape index (κ3) is 6.52. The molecule has 0 radical (unpaired) electrons. The molecule has 3 aromatic rings. The van der Waals surface area contributed by atoms with Gasteiger partial charge in [-0.2, -0.15) is 0 Å². The van der Waals surface area contributed by atoms with Crippen LogP contribution < -0.4 is 15.6 Å². The monoisotopic (exact) mass is 455 g/mol. The highest BCUT2D eigenvalue weighted by Crippen LogP contribution is 2.20. The molecular weight excluding hydrogens is 430 g/mol. The third-order valence-electron chi connectivity index (χ3n) is 4.65. The van der Waals surface area contributed by atoms with Gasteiger partial charge in [0.05, 0.1) is 11.5 Å². The zero-order chi connectivity index (χ0) is 23.1. The summed E-state index contributed by atoms with van der Waals surface area (Å²) in [6.07, 6.45) is 2.55. The van der Waals surface area contributed by atoms with Crippen LogP contribution in [0.4, 0.5) is 5.69 Å². The lowest BCUT2D eigenvalue weighted by molar-refractivity contribution is -0.116. The van der Waals surface area contributed by atoms with E-state index in [4.69, 9.17) is 4.74 Å². The van der Waals surface area contributed by atoms with Crippen LogP contribution in [-0.2, 0) is 21.1 Å². The van der Waals surface area contributed by atoms with E-state index < -0.39 is 9.84 Å². The number of hydrogen-bond donors (Lipinski definition) is 2. The van der Waals surface area contributed by atoms with Crippen LogP contribution in [0.2, 0.25) is 0 Å². The number of anilines is 1. The van der Waals surface area contributed by atoms with Crippen LogP contribution in [0.3, 0.4) is 0 Å². The second kappa shape index (κ2) is 10.2. The fourth-order valence-electron chi connectivity index (χ4n) is 3.00. The van der Waals surface area contributed by atoms with Crippen molar-refractivity contribution in [2.45, 2.75) is 31.1 Å². The van der Waals surface area contributed by atoms with E-state index in [1.54, 1.807) is 30.3 Å². The van der Waals surface area contributed by atoms with E-state index in [-0.39, 0.29) is 22.8 Å². The second-order valence-electron chi connectivity index (χ2n) is 7.26. The Kier molecular flexibility index (Phi) is 7.42. The van der Waals surface area contributed by atoms with Gasteiger partial charge < -0.3 is 15.0 Å². The molecule has 1 amide bonds. The van der Waals surface area contributed by atoms with Gasteiger partial charge in [0.2, 0.25) is 5.91 Å². The number of rotatable bonds is 9. The normalized spacial score (nSPS) is 11.2. The number of nitrogens with zero attached hydrogens (tertiary/aromatic N) is 1. The highest BCUT2D eigenvalue weighted by atomic mass is 32.2. The molecule has 32 heavy (non-hydrogen) atoms. The summed E-state index contributed by atoms with van der Waals surface area (Å²) in [4.78, 5) is 31.5. The molecule has 0 unspecified atom stereocenters. The van der Waals surface area contributed by atoms with Gasteiger partial charge in [-0.25, -0.2) is 13.4 Å². The topological polar surface area (TPSA) is 118 Å². The van der Waals surface area contributed by atoms with Gasteiger partial charge in [-0.3, -0.25) is 9.59 Å². The van der Waals surface area contributed by atoms with E-state index in [0.29, 0.717) is 48.0 Å². The summed E-state index contributed by atoms with van der Waals surface area (Å²) >= 11 is 0. The summed E-state index contributed by atoms with van der Waals surface area (Å²) in [5.74, 6) is 0.837. The molecule has 0 atom stereocenters. The van der Waals surface area contributed by atoms with E-state index in [0.717, 1.165) is 6.26 Å². The molecular formula is C23H25N3O5S. The summed E-state index contributed by atoms with van der Waals surface area (Å²) in [5.41, 5.74) is 1.79. The van der Waals surface area contributed by atoms with Gasteiger partial charge in [-0.1, -0.05) is 19.1 Å². The number of carbonyl (C=O) groups excluding carboxylic acids is 1. The average Bonchev–Trinajstić information content (AvgIpc) is 2.76. The average molecular weight is 456 g/mol. The standard InChI is InChI=1S/C23H25N3O5S/c1-3-17-15-22(28)26-23(25-17)16-6-4-7-18(14-16)24-21(27)8-5-13-31-19-9-11-20(12-10-19)32(2,29)30/h4,6-7,9-12,14-15H,3,5,8,13H2,1-2H3,(H,24,27)(H,25,26,28). The van der Waals surface area contributed by atoms with Crippen molar-refractivity contribution < 1.29 is 17.9 Å². The molecule has 0 saturated heterocycles. The number of ether oxygens (including phenoxy) is 1. The number of aromatic nitrogens is 2. The minimum absolute atomic E-state index is 0.165. The smallest absolute Gasteiger partial charge is 0.251 e. The van der Waals surface area contributed by atoms with Gasteiger partial charge in [-0.15, -0.1) is 0 Å². The van der Waals surface area contributed by atoms with Gasteiger partial charge in [-0.05, 0) is 49.2 Å². The minimum Gasteiger partial charge on any atom is -0.494 e. The van der Waals surface area contributed by atoms with Gasteiger partial charge in [0.25, 0.3) is 5.56 Å². The maximum Gasteiger partial charge on any atom is 0.251 e. The Morgan fingerprint density at radius 2 is 1.88 bits per heavy atom. The van der Waals surface area contributed by atoms with Crippen molar-refractivity contribution in [3.8, 4) is 17.1 Å². The number of carbonyl (C=O) groups is 1. The fourth-order valence-corrected chi connectivity index (χ4v) is 3.63. The van der Waals surface area contributed by atoms with Crippen molar-refractivity contribution in [1.82, 2.24) is 9.97 Å². The molecule has 0 bridgehead atoms. The highest BCUT2D eigenvalue weighted by molar-refractivity contribution is 7.90. The van der Waals surface area contributed by atoms with Crippen LogP contribution in [-0.4, -0.2) is 37.2 Å². The van der Waals surface area contributed by atoms with Crippen LogP contribution >= 0.6 is 0 Å². The van der Waals surface area contributed by atoms with E-state index in [1.807, 2.05) is 13.0 Å². The van der Waals surface area contributed by atoms with Gasteiger partial charge >= 0.3 is 0 Å². The Balaban J connectivity index is 1.52. The van der Waals surface area contributed by atoms with E-state index in [1.165, 1.54) is 18.2 Å². The van der Waals surface area contributed by atoms with Crippen LogP contribution in [0.5, 0.6) is 5.75 Å². The lowest BCUT2D eigenvalue weighted by atomic mass is 10.1. The Labute approximate surface area is 186 Å². The number of benzene rings is 2. The lowest BCUT2D eigenvalue weighted by Crippen LogP contribution is -2.13. The van der Waals surface area contributed by atoms with Crippen molar-refractivity contribution in [3.05, 3.63) is 70.6 Å². The molecule has 0 spiro atoms. The molecule has 1 aromatic heterocycles. The van der Waals surface area contributed by atoms with Crippen molar-refractivity contribution >= 4 is 21.4 Å². The number of amides is 1. The summed E-state index contributed by atoms with van der Waals surface area (Å²) in [7, 11) is -3.24. The van der Waals surface area contributed by atoms with Gasteiger partial charge in [0.15, 0.2) is 9.84 Å². The fraction of sp³-hybridized carbons (Fsp3) is 0.261. The Bertz CT molecular complexity index is 1250. The summed E-state index contributed by atoms with van der Waals surface area (Å²) in [6, 6.07) is 14.8. The predicted molar refractivity (Wildman–Crippen MR) is 123 cm³/mol. The molecule has 2 N–H and O–H groups in total. The largest absolute Gasteiger partial charge is 0.494 e. The van der Waals surface area contributed by atoms with Crippen molar-refractivity contribution in [2.24, 2.45) is 0 Å². The summed E-state index contributed by atoms with van der Waals surface area (Å²) < 4.78 is 28.5. The molecule has 168 valence electrons. The Morgan fingerprint density at radius 1 is 1.12 bits per heavy atom. The number of sulfone groups is 1. The molecule has 3 rings (SSSR count). The molecule has 0 fully saturated rings. The molecule has 1 heterocycles. The number of hydrogen-bond acceptors (Lipinski definition) is 6. The predicted octanol–water partition coefficient (Wildman–Crippen LogP) is 3.20. The minimum atomic E-state index is -3.24. The van der Waals surface area contributed by atoms with Crippen LogP contribution in [0, 0.1) is 0 Å². The highest BCUT2D eigenvalue weighted by Gasteiger charge is 2.08. The molecule has 8 nitrogen and oxygen atoms in total. The quantitative estimate of drug-likeness (QED) is 0.479. The Morgan fingerprint density at radius 3 is 2.56 bits per heavy atom. The van der Waals surface area contributed by atoms with Crippen LogP contribution in [0.15, 0.2) is 64.3 Å². The van der Waals surface area contributed by atoms with E-state index >= 15 is 0 Å². The summed E-state index contributed by atoms with van der Waals surface area (Å²) in [5, 5.41) is 2.84. The lowest BCUT2D eigenvalue weighted by Gasteiger charge is -2.09. The SMILES string of the molecule is CCc1cc(=O)[nH]c(-c2cccc(NC(=O)CCCOc3ccc(S(C)(=O)=O)cc3)c2)n1. The molecule has 0 aliphatic rings. The molecule has 0 aliphatic heterocycles. The third-order valence-corrected chi connectivity index (χ3v) is 5.77. The van der Waals surface area contributed by atoms with E-state index in [9.17, 15) is 18.0 Å². The second-order valence-corrected chi connectivity index (χ2v) is 9.28. The van der Waals surface area contributed by atoms with Gasteiger partial charge in [0, 0.05) is 35.7 Å². The zero-order valence-electron chi connectivity index (χ0n) is 17.9. The van der Waals surface area contributed by atoms with Crippen LogP contribution in [0.1, 0.15) is 25.5 Å². The number of nitrogens with one attached hydrogen (secondary N) is 2. The Hall–Kier alpha value is -3.46. The maximum absolute atomic E-state index is 12.3. The first-order chi connectivity index (χ1) is 15.2. The first-order valence-electron chi connectivity index (χ1n) is 10.2. The maximum atomic E-state index is 12.3. The zero-order valence-corrected chi connectivity index (χ0v) is 18.7. The van der Waals surface area contributed by atoms with Crippen molar-refractivity contribution in [1.29, 1.82) is 0 Å².